The normalized spacial score (nSPS) is 11.4. The number of ether oxygens (including phenoxy) is 1. The summed E-state index contributed by atoms with van der Waals surface area (Å²) >= 11 is 0. The van der Waals surface area contributed by atoms with Gasteiger partial charge in [-0.05, 0) is 43.3 Å². The predicted molar refractivity (Wildman–Crippen MR) is 91.2 cm³/mol. The van der Waals surface area contributed by atoms with E-state index in [2.05, 4.69) is 10.1 Å². The third-order valence-electron chi connectivity index (χ3n) is 3.86. The maximum atomic E-state index is 12.6. The van der Waals surface area contributed by atoms with E-state index < -0.39 is 23.4 Å². The highest BCUT2D eigenvalue weighted by atomic mass is 19.4. The van der Waals surface area contributed by atoms with E-state index in [0.717, 1.165) is 16.9 Å². The summed E-state index contributed by atoms with van der Waals surface area (Å²) in [6, 6.07) is 10.7. The Balaban J connectivity index is 1.92. The molecule has 0 bridgehead atoms. The van der Waals surface area contributed by atoms with Crippen molar-refractivity contribution in [3.05, 3.63) is 70.0 Å². The first kappa shape index (κ1) is 18.3. The molecule has 6 nitrogen and oxygen atoms in total. The summed E-state index contributed by atoms with van der Waals surface area (Å²) in [6.07, 6.45) is -4.82. The Morgan fingerprint density at radius 2 is 1.74 bits per heavy atom. The molecule has 2 aromatic carbocycles. The Hall–Kier alpha value is -3.49. The van der Waals surface area contributed by atoms with Crippen molar-refractivity contribution in [2.75, 3.05) is 5.32 Å². The van der Waals surface area contributed by atoms with Crippen molar-refractivity contribution < 1.29 is 27.9 Å². The number of carbonyl (C=O) groups is 1. The van der Waals surface area contributed by atoms with Gasteiger partial charge < -0.3 is 15.3 Å². The Morgan fingerprint density at radius 1 is 1.11 bits per heavy atom. The molecule has 1 amide bonds. The van der Waals surface area contributed by atoms with Crippen LogP contribution in [0.2, 0.25) is 0 Å². The van der Waals surface area contributed by atoms with Crippen LogP contribution in [0.1, 0.15) is 16.1 Å². The van der Waals surface area contributed by atoms with Crippen LogP contribution < -0.4 is 15.5 Å². The van der Waals surface area contributed by atoms with E-state index >= 15 is 0 Å². The van der Waals surface area contributed by atoms with Crippen LogP contribution in [0, 0.1) is 6.92 Å². The van der Waals surface area contributed by atoms with Gasteiger partial charge in [0.05, 0.1) is 11.2 Å². The lowest BCUT2D eigenvalue weighted by Gasteiger charge is -2.13. The third kappa shape index (κ3) is 3.71. The summed E-state index contributed by atoms with van der Waals surface area (Å²) in [6.45, 7) is 1.41. The number of halogens is 3. The van der Waals surface area contributed by atoms with Crippen molar-refractivity contribution in [1.29, 1.82) is 0 Å². The van der Waals surface area contributed by atoms with Crippen LogP contribution in [0.25, 0.3) is 10.9 Å². The van der Waals surface area contributed by atoms with Crippen molar-refractivity contribution in [2.45, 2.75) is 13.3 Å². The molecular weight excluding hydrogens is 365 g/mol. The molecule has 140 valence electrons. The van der Waals surface area contributed by atoms with Gasteiger partial charge >= 0.3 is 6.36 Å². The zero-order valence-electron chi connectivity index (χ0n) is 13.9. The predicted octanol–water partition coefficient (Wildman–Crippen LogP) is 3.70. The maximum Gasteiger partial charge on any atom is 0.573 e. The third-order valence-corrected chi connectivity index (χ3v) is 3.86. The Bertz CT molecular complexity index is 1070. The first-order valence-electron chi connectivity index (χ1n) is 7.68. The van der Waals surface area contributed by atoms with Gasteiger partial charge in [-0.25, -0.2) is 0 Å². The summed E-state index contributed by atoms with van der Waals surface area (Å²) in [4.78, 5) is 25.1. The number of nitrogens with one attached hydrogen (secondary N) is 1. The lowest BCUT2D eigenvalue weighted by molar-refractivity contribution is -0.274. The van der Waals surface area contributed by atoms with Gasteiger partial charge in [-0.3, -0.25) is 9.59 Å². The standard InChI is InChI=1S/C18H13F3N2O4/c1-10-15(16(24)13-4-2-3-5-14(13)23(10)26)17(25)22-11-6-8-12(9-7-11)27-18(19,20)21/h2-9,26H,1H3,(H,22,25). The minimum absolute atomic E-state index is 0.0354. The van der Waals surface area contributed by atoms with Crippen LogP contribution in [-0.2, 0) is 0 Å². The summed E-state index contributed by atoms with van der Waals surface area (Å²) in [5.74, 6) is -1.24. The zero-order valence-corrected chi connectivity index (χ0v) is 13.9. The smallest absolute Gasteiger partial charge is 0.428 e. The average molecular weight is 378 g/mol. The highest BCUT2D eigenvalue weighted by Gasteiger charge is 2.31. The van der Waals surface area contributed by atoms with Gasteiger partial charge in [0.15, 0.2) is 0 Å². The molecule has 3 aromatic rings. The van der Waals surface area contributed by atoms with Crippen LogP contribution in [0.15, 0.2) is 53.3 Å². The molecule has 0 spiro atoms. The summed E-state index contributed by atoms with van der Waals surface area (Å²) in [7, 11) is 0. The second-order valence-electron chi connectivity index (χ2n) is 5.64. The van der Waals surface area contributed by atoms with Crippen molar-refractivity contribution >= 4 is 22.5 Å². The molecule has 0 aliphatic rings. The molecule has 0 unspecified atom stereocenters. The quantitative estimate of drug-likeness (QED) is 0.681. The Labute approximate surface area is 150 Å². The first-order valence-corrected chi connectivity index (χ1v) is 7.68. The second kappa shape index (κ2) is 6.67. The van der Waals surface area contributed by atoms with Crippen LogP contribution in [0.4, 0.5) is 18.9 Å². The minimum Gasteiger partial charge on any atom is -0.428 e. The molecule has 1 heterocycles. The highest BCUT2D eigenvalue weighted by molar-refractivity contribution is 6.06. The van der Waals surface area contributed by atoms with Gasteiger partial charge in [-0.2, -0.15) is 4.73 Å². The van der Waals surface area contributed by atoms with Crippen LogP contribution >= 0.6 is 0 Å². The number of fused-ring (bicyclic) bond motifs is 1. The fraction of sp³-hybridized carbons (Fsp3) is 0.111. The Kier molecular flexibility index (Phi) is 4.52. The minimum atomic E-state index is -4.82. The number of alkyl halides is 3. The van der Waals surface area contributed by atoms with Gasteiger partial charge in [-0.15, -0.1) is 13.2 Å². The van der Waals surface area contributed by atoms with Gasteiger partial charge in [0.1, 0.15) is 11.3 Å². The van der Waals surface area contributed by atoms with Gasteiger partial charge in [0.25, 0.3) is 5.91 Å². The van der Waals surface area contributed by atoms with Crippen molar-refractivity contribution in [3.8, 4) is 5.75 Å². The fourth-order valence-electron chi connectivity index (χ4n) is 2.64. The molecule has 27 heavy (non-hydrogen) atoms. The number of pyridine rings is 1. The highest BCUT2D eigenvalue weighted by Crippen LogP contribution is 2.24. The van der Waals surface area contributed by atoms with E-state index in [1.54, 1.807) is 12.1 Å². The fourth-order valence-corrected chi connectivity index (χ4v) is 2.64. The van der Waals surface area contributed by atoms with E-state index in [4.69, 9.17) is 0 Å². The molecule has 0 aliphatic heterocycles. The Morgan fingerprint density at radius 3 is 2.37 bits per heavy atom. The second-order valence-corrected chi connectivity index (χ2v) is 5.64. The molecule has 2 N–H and O–H groups in total. The van der Waals surface area contributed by atoms with Gasteiger partial charge in [-0.1, -0.05) is 12.1 Å². The summed E-state index contributed by atoms with van der Waals surface area (Å²) in [5.41, 5.74) is -0.390. The average Bonchev–Trinajstić information content (AvgIpc) is 2.60. The summed E-state index contributed by atoms with van der Waals surface area (Å²) in [5, 5.41) is 12.8. The van der Waals surface area contributed by atoms with Crippen molar-refractivity contribution in [3.63, 3.8) is 0 Å². The molecule has 1 aromatic heterocycles. The number of rotatable bonds is 3. The number of benzene rings is 2. The molecule has 0 fully saturated rings. The zero-order chi connectivity index (χ0) is 19.8. The number of nitrogens with zero attached hydrogens (tertiary/aromatic N) is 1. The van der Waals surface area contributed by atoms with Crippen LogP contribution in [0.3, 0.4) is 0 Å². The molecule has 0 saturated heterocycles. The molecular formula is C18H13F3N2O4. The number of aromatic nitrogens is 1. The largest absolute Gasteiger partial charge is 0.573 e. The SMILES string of the molecule is Cc1c(C(=O)Nc2ccc(OC(F)(F)F)cc2)c(=O)c2ccccc2n1O. The number of hydrogen-bond acceptors (Lipinski definition) is 4. The monoisotopic (exact) mass is 378 g/mol. The summed E-state index contributed by atoms with van der Waals surface area (Å²) < 4.78 is 41.0. The molecule has 3 rings (SSSR count). The number of hydrogen-bond donors (Lipinski definition) is 2. The first-order chi connectivity index (χ1) is 12.7. The molecule has 0 radical (unpaired) electrons. The molecule has 9 heteroatoms. The lowest BCUT2D eigenvalue weighted by atomic mass is 10.1. The van der Waals surface area contributed by atoms with E-state index in [1.807, 2.05) is 0 Å². The van der Waals surface area contributed by atoms with Crippen molar-refractivity contribution in [1.82, 2.24) is 4.73 Å². The topological polar surface area (TPSA) is 80.6 Å². The van der Waals surface area contributed by atoms with Crippen LogP contribution in [-0.4, -0.2) is 22.2 Å². The molecule has 0 saturated carbocycles. The van der Waals surface area contributed by atoms with E-state index in [1.165, 1.54) is 31.2 Å². The number of para-hydroxylation sites is 1. The lowest BCUT2D eigenvalue weighted by Crippen LogP contribution is -2.26. The molecule has 0 atom stereocenters. The van der Waals surface area contributed by atoms with Gasteiger partial charge in [0.2, 0.25) is 5.43 Å². The molecule has 0 aliphatic carbocycles. The number of carbonyl (C=O) groups excluding carboxylic acids is 1. The van der Waals surface area contributed by atoms with E-state index in [0.29, 0.717) is 0 Å². The number of amides is 1. The van der Waals surface area contributed by atoms with Gasteiger partial charge in [0, 0.05) is 11.1 Å². The van der Waals surface area contributed by atoms with Crippen molar-refractivity contribution in [2.24, 2.45) is 0 Å². The van der Waals surface area contributed by atoms with Crippen LogP contribution in [0.5, 0.6) is 5.75 Å². The van der Waals surface area contributed by atoms with E-state index in [-0.39, 0.29) is 27.8 Å². The number of anilines is 1. The van der Waals surface area contributed by atoms with E-state index in [9.17, 15) is 28.0 Å². The maximum absolute atomic E-state index is 12.6.